The summed E-state index contributed by atoms with van der Waals surface area (Å²) in [6.45, 7) is 11.1. The molecule has 0 atom stereocenters. The predicted molar refractivity (Wildman–Crippen MR) is 72.6 cm³/mol. The molecule has 1 aromatic heterocycles. The third kappa shape index (κ3) is 2.97. The lowest BCUT2D eigenvalue weighted by atomic mass is 9.92. The standard InChI is InChI=1S/C14H23N3/c1-14(2,3)13-6-5-12(11-15-13)17-9-7-16(4)8-10-17/h5-6,11H,7-10H2,1-4H3. The molecule has 1 aromatic rings. The predicted octanol–water partition coefficient (Wildman–Crippen LogP) is 2.13. The number of likely N-dealkylation sites (N-methyl/N-ethyl adjacent to an activating group) is 1. The minimum absolute atomic E-state index is 0.140. The van der Waals surface area contributed by atoms with E-state index in [1.807, 2.05) is 6.20 Å². The Kier molecular flexibility index (Phi) is 3.38. The zero-order valence-electron chi connectivity index (χ0n) is 11.4. The average Bonchev–Trinajstić information content (AvgIpc) is 2.29. The van der Waals surface area contributed by atoms with E-state index < -0.39 is 0 Å². The summed E-state index contributed by atoms with van der Waals surface area (Å²) in [4.78, 5) is 9.37. The molecule has 0 aliphatic carbocycles. The molecule has 3 heteroatoms. The second-order valence-corrected chi connectivity index (χ2v) is 5.94. The van der Waals surface area contributed by atoms with Crippen molar-refractivity contribution in [3.63, 3.8) is 0 Å². The van der Waals surface area contributed by atoms with Crippen LogP contribution in [0, 0.1) is 0 Å². The number of anilines is 1. The Morgan fingerprint density at radius 3 is 2.18 bits per heavy atom. The van der Waals surface area contributed by atoms with Crippen LogP contribution in [0.1, 0.15) is 26.5 Å². The van der Waals surface area contributed by atoms with Crippen LogP contribution in [-0.4, -0.2) is 43.1 Å². The third-order valence-electron chi connectivity index (χ3n) is 3.38. The number of hydrogen-bond donors (Lipinski definition) is 0. The van der Waals surface area contributed by atoms with Crippen molar-refractivity contribution >= 4 is 5.69 Å². The molecule has 3 nitrogen and oxygen atoms in total. The molecule has 0 saturated carbocycles. The van der Waals surface area contributed by atoms with Crippen LogP contribution in [0.4, 0.5) is 5.69 Å². The summed E-state index contributed by atoms with van der Waals surface area (Å²) >= 11 is 0. The van der Waals surface area contributed by atoms with E-state index in [2.05, 4.69) is 54.7 Å². The van der Waals surface area contributed by atoms with E-state index in [0.29, 0.717) is 0 Å². The van der Waals surface area contributed by atoms with Gasteiger partial charge in [0.15, 0.2) is 0 Å². The zero-order valence-corrected chi connectivity index (χ0v) is 11.4. The molecule has 1 fully saturated rings. The van der Waals surface area contributed by atoms with Crippen LogP contribution in [0.3, 0.4) is 0 Å². The second-order valence-electron chi connectivity index (χ2n) is 5.94. The van der Waals surface area contributed by atoms with Gasteiger partial charge in [0.2, 0.25) is 0 Å². The van der Waals surface area contributed by atoms with Crippen LogP contribution in [0.2, 0.25) is 0 Å². The van der Waals surface area contributed by atoms with E-state index in [9.17, 15) is 0 Å². The van der Waals surface area contributed by atoms with Crippen LogP contribution in [0.25, 0.3) is 0 Å². The van der Waals surface area contributed by atoms with Gasteiger partial charge in [-0.15, -0.1) is 0 Å². The lowest BCUT2D eigenvalue weighted by Gasteiger charge is -2.34. The maximum Gasteiger partial charge on any atom is 0.0553 e. The molecule has 0 unspecified atom stereocenters. The van der Waals surface area contributed by atoms with Crippen molar-refractivity contribution in [2.75, 3.05) is 38.1 Å². The lowest BCUT2D eigenvalue weighted by molar-refractivity contribution is 0.312. The van der Waals surface area contributed by atoms with Gasteiger partial charge in [0, 0.05) is 37.3 Å². The van der Waals surface area contributed by atoms with Crippen LogP contribution in [-0.2, 0) is 5.41 Å². The van der Waals surface area contributed by atoms with Crippen LogP contribution < -0.4 is 4.90 Å². The number of nitrogens with zero attached hydrogens (tertiary/aromatic N) is 3. The number of piperazine rings is 1. The first-order chi connectivity index (χ1) is 7.97. The average molecular weight is 233 g/mol. The molecule has 1 aliphatic rings. The third-order valence-corrected chi connectivity index (χ3v) is 3.38. The Balaban J connectivity index is 2.08. The summed E-state index contributed by atoms with van der Waals surface area (Å²) in [7, 11) is 2.18. The van der Waals surface area contributed by atoms with Crippen LogP contribution >= 0.6 is 0 Å². The first-order valence-electron chi connectivity index (χ1n) is 6.37. The highest BCUT2D eigenvalue weighted by Gasteiger charge is 2.17. The quantitative estimate of drug-likeness (QED) is 0.741. The fourth-order valence-corrected chi connectivity index (χ4v) is 2.08. The molecular weight excluding hydrogens is 210 g/mol. The van der Waals surface area contributed by atoms with Gasteiger partial charge >= 0.3 is 0 Å². The highest BCUT2D eigenvalue weighted by atomic mass is 15.2. The molecule has 2 rings (SSSR count). The van der Waals surface area contributed by atoms with Crippen molar-refractivity contribution in [1.82, 2.24) is 9.88 Å². The smallest absolute Gasteiger partial charge is 0.0553 e. The molecule has 94 valence electrons. The Bertz CT molecular complexity index is 356. The van der Waals surface area contributed by atoms with E-state index in [1.54, 1.807) is 0 Å². The normalized spacial score (nSPS) is 18.5. The molecule has 17 heavy (non-hydrogen) atoms. The number of aromatic nitrogens is 1. The fraction of sp³-hybridized carbons (Fsp3) is 0.643. The van der Waals surface area contributed by atoms with Gasteiger partial charge in [-0.1, -0.05) is 20.8 Å². The van der Waals surface area contributed by atoms with Crippen molar-refractivity contribution in [2.45, 2.75) is 26.2 Å². The van der Waals surface area contributed by atoms with Gasteiger partial charge in [-0.05, 0) is 19.2 Å². The van der Waals surface area contributed by atoms with E-state index in [1.165, 1.54) is 5.69 Å². The molecule has 0 N–H and O–H groups in total. The van der Waals surface area contributed by atoms with Gasteiger partial charge < -0.3 is 9.80 Å². The van der Waals surface area contributed by atoms with E-state index in [-0.39, 0.29) is 5.41 Å². The lowest BCUT2D eigenvalue weighted by Crippen LogP contribution is -2.44. The van der Waals surface area contributed by atoms with Gasteiger partial charge in [-0.2, -0.15) is 0 Å². The molecule has 0 bridgehead atoms. The van der Waals surface area contributed by atoms with Gasteiger partial charge in [0.25, 0.3) is 0 Å². The van der Waals surface area contributed by atoms with Crippen molar-refractivity contribution in [3.8, 4) is 0 Å². The van der Waals surface area contributed by atoms with Gasteiger partial charge in [0.1, 0.15) is 0 Å². The summed E-state index contributed by atoms with van der Waals surface area (Å²) in [6.07, 6.45) is 2.02. The molecule has 2 heterocycles. The maximum atomic E-state index is 4.59. The molecule has 0 radical (unpaired) electrons. The minimum Gasteiger partial charge on any atom is -0.368 e. The maximum absolute atomic E-state index is 4.59. The Morgan fingerprint density at radius 1 is 1.06 bits per heavy atom. The Morgan fingerprint density at radius 2 is 1.71 bits per heavy atom. The SMILES string of the molecule is CN1CCN(c2ccc(C(C)(C)C)nc2)CC1. The minimum atomic E-state index is 0.140. The monoisotopic (exact) mass is 233 g/mol. The molecular formula is C14H23N3. The topological polar surface area (TPSA) is 19.4 Å². The molecule has 1 aliphatic heterocycles. The summed E-state index contributed by atoms with van der Waals surface area (Å²) in [6, 6.07) is 4.37. The molecule has 0 aromatic carbocycles. The van der Waals surface area contributed by atoms with Crippen LogP contribution in [0.5, 0.6) is 0 Å². The molecule has 0 spiro atoms. The number of rotatable bonds is 1. The van der Waals surface area contributed by atoms with Gasteiger partial charge in [0.05, 0.1) is 11.9 Å². The zero-order chi connectivity index (χ0) is 12.5. The largest absolute Gasteiger partial charge is 0.368 e. The molecule has 0 amide bonds. The highest BCUT2D eigenvalue weighted by Crippen LogP contribution is 2.22. The summed E-state index contributed by atoms with van der Waals surface area (Å²) in [5, 5.41) is 0. The van der Waals surface area contributed by atoms with E-state index >= 15 is 0 Å². The van der Waals surface area contributed by atoms with Crippen molar-refractivity contribution in [1.29, 1.82) is 0 Å². The second kappa shape index (κ2) is 4.65. The fourth-order valence-electron chi connectivity index (χ4n) is 2.08. The summed E-state index contributed by atoms with van der Waals surface area (Å²) < 4.78 is 0. The first-order valence-corrected chi connectivity index (χ1v) is 6.37. The number of hydrogen-bond acceptors (Lipinski definition) is 3. The Hall–Kier alpha value is -1.09. The highest BCUT2D eigenvalue weighted by molar-refractivity contribution is 5.45. The summed E-state index contributed by atoms with van der Waals surface area (Å²) in [5.41, 5.74) is 2.56. The number of pyridine rings is 1. The van der Waals surface area contributed by atoms with Crippen molar-refractivity contribution < 1.29 is 0 Å². The van der Waals surface area contributed by atoms with Crippen molar-refractivity contribution in [3.05, 3.63) is 24.0 Å². The van der Waals surface area contributed by atoms with E-state index in [0.717, 1.165) is 31.9 Å². The van der Waals surface area contributed by atoms with Crippen molar-refractivity contribution in [2.24, 2.45) is 0 Å². The first kappa shape index (κ1) is 12.4. The Labute approximate surface area is 104 Å². The van der Waals surface area contributed by atoms with Gasteiger partial charge in [-0.3, -0.25) is 4.98 Å². The molecule has 1 saturated heterocycles. The van der Waals surface area contributed by atoms with Gasteiger partial charge in [-0.25, -0.2) is 0 Å². The van der Waals surface area contributed by atoms with E-state index in [4.69, 9.17) is 0 Å². The summed E-state index contributed by atoms with van der Waals surface area (Å²) in [5.74, 6) is 0. The van der Waals surface area contributed by atoms with Crippen LogP contribution in [0.15, 0.2) is 18.3 Å².